The average molecular weight is 313 g/mol. The van der Waals surface area contributed by atoms with E-state index < -0.39 is 0 Å². The van der Waals surface area contributed by atoms with Crippen LogP contribution in [-0.4, -0.2) is 15.6 Å². The van der Waals surface area contributed by atoms with E-state index in [0.29, 0.717) is 6.42 Å². The summed E-state index contributed by atoms with van der Waals surface area (Å²) in [6, 6.07) is 1.97. The maximum Gasteiger partial charge on any atom is 0.179 e. The van der Waals surface area contributed by atoms with Crippen molar-refractivity contribution in [1.82, 2.24) is 9.78 Å². The lowest BCUT2D eigenvalue weighted by atomic mass is 10.1. The zero-order valence-corrected chi connectivity index (χ0v) is 12.4. The fourth-order valence-corrected chi connectivity index (χ4v) is 3.10. The number of hydrogen-bond acceptors (Lipinski definition) is 3. The van der Waals surface area contributed by atoms with Crippen LogP contribution in [0.25, 0.3) is 0 Å². The van der Waals surface area contributed by atoms with Gasteiger partial charge >= 0.3 is 0 Å². The molecule has 2 heterocycles. The maximum atomic E-state index is 12.2. The first kappa shape index (κ1) is 12.5. The van der Waals surface area contributed by atoms with Crippen LogP contribution in [-0.2, 0) is 13.5 Å². The van der Waals surface area contributed by atoms with E-state index in [0.717, 1.165) is 26.3 Å². The number of aromatic nitrogens is 2. The van der Waals surface area contributed by atoms with E-state index in [1.165, 1.54) is 11.3 Å². The van der Waals surface area contributed by atoms with Gasteiger partial charge in [0.05, 0.1) is 27.2 Å². The van der Waals surface area contributed by atoms with E-state index >= 15 is 0 Å². The summed E-state index contributed by atoms with van der Waals surface area (Å²) in [5.41, 5.74) is 2.90. The molecule has 2 rings (SSSR count). The third-order valence-electron chi connectivity index (χ3n) is 2.70. The van der Waals surface area contributed by atoms with Gasteiger partial charge < -0.3 is 0 Å². The van der Waals surface area contributed by atoms with Gasteiger partial charge in [0.25, 0.3) is 0 Å². The van der Waals surface area contributed by atoms with E-state index in [1.54, 1.807) is 4.68 Å². The van der Waals surface area contributed by atoms with Gasteiger partial charge in [-0.3, -0.25) is 9.48 Å². The molecule has 0 amide bonds. The fourth-order valence-electron chi connectivity index (χ4n) is 1.76. The number of rotatable bonds is 3. The molecule has 0 fully saturated rings. The first-order valence-corrected chi connectivity index (χ1v) is 6.93. The van der Waals surface area contributed by atoms with Gasteiger partial charge in [-0.2, -0.15) is 5.10 Å². The van der Waals surface area contributed by atoms with Gasteiger partial charge in [-0.25, -0.2) is 0 Å². The Morgan fingerprint density at radius 1 is 1.53 bits per heavy atom. The fraction of sp³-hybridized carbons (Fsp3) is 0.333. The number of nitrogens with zero attached hydrogens (tertiary/aromatic N) is 2. The molecular weight excluding hydrogens is 300 g/mol. The predicted molar refractivity (Wildman–Crippen MR) is 72.7 cm³/mol. The minimum absolute atomic E-state index is 0.154. The lowest BCUT2D eigenvalue weighted by Crippen LogP contribution is -2.08. The average Bonchev–Trinajstić information content (AvgIpc) is 2.78. The maximum absolute atomic E-state index is 12.2. The van der Waals surface area contributed by atoms with Crippen molar-refractivity contribution in [3.8, 4) is 0 Å². The zero-order valence-electron chi connectivity index (χ0n) is 9.95. The molecule has 0 unspecified atom stereocenters. The smallest absolute Gasteiger partial charge is 0.179 e. The number of carbonyl (C=O) groups excluding carboxylic acids is 1. The second kappa shape index (κ2) is 4.74. The number of Topliss-reactive ketones (excluding diaryl/α,β-unsaturated/α-hetero) is 1. The molecule has 0 aliphatic heterocycles. The Bertz CT molecular complexity index is 571. The van der Waals surface area contributed by atoms with Crippen LogP contribution in [0.1, 0.15) is 26.6 Å². The van der Waals surface area contributed by atoms with Crippen LogP contribution in [0.3, 0.4) is 0 Å². The summed E-state index contributed by atoms with van der Waals surface area (Å²) < 4.78 is 2.70. The van der Waals surface area contributed by atoms with Gasteiger partial charge in [0.2, 0.25) is 0 Å². The Kier molecular flexibility index (Phi) is 3.49. The summed E-state index contributed by atoms with van der Waals surface area (Å²) in [7, 11) is 1.86. The summed E-state index contributed by atoms with van der Waals surface area (Å²) >= 11 is 4.98. The second-order valence-corrected chi connectivity index (χ2v) is 5.71. The highest BCUT2D eigenvalue weighted by atomic mass is 79.9. The quantitative estimate of drug-likeness (QED) is 0.815. The molecule has 3 nitrogen and oxygen atoms in total. The van der Waals surface area contributed by atoms with Crippen LogP contribution >= 0.6 is 27.3 Å². The van der Waals surface area contributed by atoms with Crippen LogP contribution < -0.4 is 0 Å². The summed E-state index contributed by atoms with van der Waals surface area (Å²) in [5, 5.41) is 6.24. The number of thiophene rings is 1. The van der Waals surface area contributed by atoms with Crippen molar-refractivity contribution < 1.29 is 4.79 Å². The molecule has 2 aromatic heterocycles. The molecule has 0 aliphatic carbocycles. The van der Waals surface area contributed by atoms with Gasteiger partial charge in [-0.05, 0) is 46.8 Å². The van der Waals surface area contributed by atoms with Crippen molar-refractivity contribution in [2.24, 2.45) is 7.05 Å². The number of aryl methyl sites for hydroxylation is 3. The Morgan fingerprint density at radius 3 is 2.71 bits per heavy atom. The molecule has 0 bridgehead atoms. The van der Waals surface area contributed by atoms with E-state index in [2.05, 4.69) is 21.0 Å². The molecule has 0 spiro atoms. The SMILES string of the molecule is Cc1ccsc1C(=O)Cc1c(Br)c(C)nn1C. The van der Waals surface area contributed by atoms with E-state index in [1.807, 2.05) is 32.3 Å². The van der Waals surface area contributed by atoms with Crippen LogP contribution in [0.4, 0.5) is 0 Å². The van der Waals surface area contributed by atoms with E-state index in [-0.39, 0.29) is 5.78 Å². The van der Waals surface area contributed by atoms with Crippen molar-refractivity contribution in [3.63, 3.8) is 0 Å². The Hall–Kier alpha value is -0.940. The number of halogens is 1. The molecule has 17 heavy (non-hydrogen) atoms. The topological polar surface area (TPSA) is 34.9 Å². The molecule has 90 valence electrons. The number of ketones is 1. The Labute approximate surface area is 113 Å². The molecule has 0 N–H and O–H groups in total. The molecule has 0 aliphatic rings. The third kappa shape index (κ3) is 2.35. The van der Waals surface area contributed by atoms with Gasteiger partial charge in [-0.15, -0.1) is 11.3 Å². The monoisotopic (exact) mass is 312 g/mol. The zero-order chi connectivity index (χ0) is 12.6. The second-order valence-electron chi connectivity index (χ2n) is 4.00. The van der Waals surface area contributed by atoms with Crippen molar-refractivity contribution in [1.29, 1.82) is 0 Å². The summed E-state index contributed by atoms with van der Waals surface area (Å²) in [4.78, 5) is 13.0. The lowest BCUT2D eigenvalue weighted by molar-refractivity contribution is 0.0994. The molecule has 5 heteroatoms. The largest absolute Gasteiger partial charge is 0.293 e. The normalized spacial score (nSPS) is 10.8. The Balaban J connectivity index is 2.28. The van der Waals surface area contributed by atoms with Crippen molar-refractivity contribution in [2.45, 2.75) is 20.3 Å². The summed E-state index contributed by atoms with van der Waals surface area (Å²) in [6.45, 7) is 3.89. The molecule has 0 saturated carbocycles. The van der Waals surface area contributed by atoms with Crippen molar-refractivity contribution >= 4 is 33.0 Å². The van der Waals surface area contributed by atoms with Gasteiger partial charge in [-0.1, -0.05) is 0 Å². The minimum atomic E-state index is 0.154. The van der Waals surface area contributed by atoms with Gasteiger partial charge in [0, 0.05) is 7.05 Å². The minimum Gasteiger partial charge on any atom is -0.293 e. The van der Waals surface area contributed by atoms with Crippen LogP contribution in [0.15, 0.2) is 15.9 Å². The summed E-state index contributed by atoms with van der Waals surface area (Å²) in [5.74, 6) is 0.154. The highest BCUT2D eigenvalue weighted by molar-refractivity contribution is 9.10. The molecule has 0 aromatic carbocycles. The molecular formula is C12H13BrN2OS. The highest BCUT2D eigenvalue weighted by Gasteiger charge is 2.17. The first-order chi connectivity index (χ1) is 8.00. The first-order valence-electron chi connectivity index (χ1n) is 5.26. The highest BCUT2D eigenvalue weighted by Crippen LogP contribution is 2.24. The van der Waals surface area contributed by atoms with Crippen LogP contribution in [0.2, 0.25) is 0 Å². The third-order valence-corrected chi connectivity index (χ3v) is 4.79. The Morgan fingerprint density at radius 2 is 2.24 bits per heavy atom. The van der Waals surface area contributed by atoms with Crippen molar-refractivity contribution in [2.75, 3.05) is 0 Å². The molecule has 0 radical (unpaired) electrons. The van der Waals surface area contributed by atoms with Crippen LogP contribution in [0.5, 0.6) is 0 Å². The molecule has 0 saturated heterocycles. The summed E-state index contributed by atoms with van der Waals surface area (Å²) in [6.07, 6.45) is 0.388. The van der Waals surface area contributed by atoms with E-state index in [9.17, 15) is 4.79 Å². The lowest BCUT2D eigenvalue weighted by Gasteiger charge is -2.02. The molecule has 0 atom stereocenters. The predicted octanol–water partition coefficient (Wildman–Crippen LogP) is 3.29. The van der Waals surface area contributed by atoms with Crippen molar-refractivity contribution in [3.05, 3.63) is 37.7 Å². The standard InChI is InChI=1S/C12H13BrN2OS/c1-7-4-5-17-12(7)10(16)6-9-11(13)8(2)14-15(9)3/h4-5H,6H2,1-3H3. The van der Waals surface area contributed by atoms with Gasteiger partial charge in [0.15, 0.2) is 5.78 Å². The van der Waals surface area contributed by atoms with Crippen LogP contribution in [0, 0.1) is 13.8 Å². The van der Waals surface area contributed by atoms with E-state index in [4.69, 9.17) is 0 Å². The van der Waals surface area contributed by atoms with Gasteiger partial charge in [0.1, 0.15) is 0 Å². The number of carbonyl (C=O) groups is 1. The molecule has 2 aromatic rings. The number of hydrogen-bond donors (Lipinski definition) is 0.